The molecule has 2 aliphatic heterocycles. The van der Waals surface area contributed by atoms with Gasteiger partial charge in [0.15, 0.2) is 17.2 Å². The van der Waals surface area contributed by atoms with E-state index in [1.165, 1.54) is 26.2 Å². The van der Waals surface area contributed by atoms with Crippen molar-refractivity contribution in [3.63, 3.8) is 0 Å². The zero-order chi connectivity index (χ0) is 62.9. The van der Waals surface area contributed by atoms with Crippen molar-refractivity contribution >= 4 is 98.0 Å². The van der Waals surface area contributed by atoms with Gasteiger partial charge in [-0.2, -0.15) is 15.0 Å². The summed E-state index contributed by atoms with van der Waals surface area (Å²) in [5, 5.41) is 20.6. The molecule has 0 radical (unpaired) electrons. The fraction of sp³-hybridized carbons (Fsp3) is 0.422. The molecule has 2 amide bonds. The lowest BCUT2D eigenvalue weighted by Crippen LogP contribution is -2.50. The van der Waals surface area contributed by atoms with Gasteiger partial charge in [-0.15, -0.1) is 0 Å². The lowest BCUT2D eigenvalue weighted by molar-refractivity contribution is -0.132. The minimum atomic E-state index is -0.925. The van der Waals surface area contributed by atoms with E-state index in [1.807, 2.05) is 61.6 Å². The van der Waals surface area contributed by atoms with Gasteiger partial charge in [0.2, 0.25) is 17.8 Å². The van der Waals surface area contributed by atoms with Gasteiger partial charge in [0.05, 0.1) is 34.6 Å². The number of pyridine rings is 1. The van der Waals surface area contributed by atoms with Crippen LogP contribution in [0.1, 0.15) is 136 Å². The van der Waals surface area contributed by atoms with Gasteiger partial charge in [-0.05, 0) is 127 Å². The molecule has 5 aliphatic rings. The number of anilines is 11. The van der Waals surface area contributed by atoms with Gasteiger partial charge >= 0.3 is 0 Å². The molecule has 3 aromatic carbocycles. The Morgan fingerprint density at radius 1 is 0.573 bits per heavy atom. The van der Waals surface area contributed by atoms with Crippen molar-refractivity contribution in [3.05, 3.63) is 108 Å². The number of benzene rings is 3. The number of hydrogen-bond donors (Lipinski definition) is 10. The maximum Gasteiger partial charge on any atom is 0.270 e. The number of carbonyl (C=O) groups is 4. The first-order valence-corrected chi connectivity index (χ1v) is 30.5. The van der Waals surface area contributed by atoms with E-state index in [4.69, 9.17) is 32.4 Å². The van der Waals surface area contributed by atoms with E-state index in [0.29, 0.717) is 70.2 Å². The van der Waals surface area contributed by atoms with Crippen LogP contribution in [0.2, 0.25) is 0 Å². The van der Waals surface area contributed by atoms with Crippen LogP contribution in [0, 0.1) is 0 Å². The van der Waals surface area contributed by atoms with Gasteiger partial charge in [-0.25, -0.2) is 15.0 Å². The molecular formula is C64H81N19O6. The number of fused-ring (bicyclic) bond motifs is 3. The van der Waals surface area contributed by atoms with Crippen LogP contribution in [0.15, 0.2) is 91.5 Å². The summed E-state index contributed by atoms with van der Waals surface area (Å²) < 4.78 is 11.6. The highest BCUT2D eigenvalue weighted by Gasteiger charge is 2.39. The molecule has 4 aromatic heterocycles. The molecule has 0 spiro atoms. The lowest BCUT2D eigenvalue weighted by atomic mass is 9.91. The molecule has 468 valence electrons. The highest BCUT2D eigenvalue weighted by Crippen LogP contribution is 2.40. The van der Waals surface area contributed by atoms with Crippen molar-refractivity contribution in [1.29, 1.82) is 0 Å². The smallest absolute Gasteiger partial charge is 0.270 e. The average Bonchev–Trinajstić information content (AvgIpc) is 0.902. The van der Waals surface area contributed by atoms with Crippen LogP contribution < -0.4 is 74.1 Å². The van der Waals surface area contributed by atoms with Crippen LogP contribution in [0.3, 0.4) is 0 Å². The number of Topliss-reactive ketones (excluding diaryl/α,β-unsaturated/α-hetero) is 2. The number of rotatable bonds is 15. The predicted octanol–water partition coefficient (Wildman–Crippen LogP) is 8.72. The molecule has 6 heterocycles. The normalized spacial score (nSPS) is 20.9. The number of hydrogen-bond acceptors (Lipinski definition) is 23. The molecule has 6 atom stereocenters. The lowest BCUT2D eigenvalue weighted by Gasteiger charge is -2.37. The maximum atomic E-state index is 12.6. The standard InChI is InChI=1S/C23H30N6O3.C21H28N6O2.C20H23N7O/c1-13(30)15-12-25-22(27-17-8-6-5-7-16(17)24)28-20(15)26-14-9-10-19-18(11-14)29(4)21(31)23(2,3)32-19;1-13(28)15-12-23-21(25-17-6-4-3-5-16(17)22)26-20(15)24-14-7-8-19-18(11-14)27(2)9-10-29-19;21-15-5-1-2-6-17(15)26-20-24-11-14(18(22)28)19(27-20)25-13-7-8-16-12(10-13)4-3-9-23-16/h9-12,16-17H,5-8,24H2,1-4H3,(H2,25,26,27,28);7-8,11-12,16-17H,3-6,9-10,22H2,1-2H3,(H2,23,24,25,26);3-4,7-11,15,17H,1-2,5-6,21H2,(H2,22,28)(H2,24,25,26,27)/t2*16-,17+;15-,17+/m000/s1. The van der Waals surface area contributed by atoms with E-state index in [-0.39, 0.29) is 59.3 Å². The number of ether oxygens (including phenoxy) is 2. The van der Waals surface area contributed by atoms with E-state index in [0.717, 1.165) is 117 Å². The third kappa shape index (κ3) is 15.3. The quantitative estimate of drug-likeness (QED) is 0.0429. The number of nitrogens with zero attached hydrogens (tertiary/aromatic N) is 9. The number of nitrogens with two attached hydrogens (primary N) is 4. The van der Waals surface area contributed by atoms with Gasteiger partial charge in [-0.1, -0.05) is 44.6 Å². The molecule has 3 fully saturated rings. The Kier molecular flexibility index (Phi) is 19.6. The Labute approximate surface area is 517 Å². The van der Waals surface area contributed by atoms with E-state index >= 15 is 0 Å². The van der Waals surface area contributed by atoms with E-state index in [2.05, 4.69) is 71.7 Å². The largest absolute Gasteiger partial charge is 0.490 e. The first-order chi connectivity index (χ1) is 42.8. The number of amides is 2. The summed E-state index contributed by atoms with van der Waals surface area (Å²) in [5.41, 5.74) is 29.2. The van der Waals surface area contributed by atoms with Crippen molar-refractivity contribution in [1.82, 2.24) is 34.9 Å². The van der Waals surface area contributed by atoms with Crippen molar-refractivity contribution in [2.75, 3.05) is 68.9 Å². The van der Waals surface area contributed by atoms with Crippen molar-refractivity contribution in [3.8, 4) is 11.5 Å². The Morgan fingerprint density at radius 2 is 1.02 bits per heavy atom. The number of carbonyl (C=O) groups excluding carboxylic acids is 4. The fourth-order valence-corrected chi connectivity index (χ4v) is 11.6. The van der Waals surface area contributed by atoms with E-state index in [1.54, 1.807) is 50.3 Å². The molecule has 7 aromatic rings. The molecule has 3 saturated carbocycles. The van der Waals surface area contributed by atoms with Gasteiger partial charge < -0.3 is 74.1 Å². The molecule has 25 heteroatoms. The number of primary amides is 1. The van der Waals surface area contributed by atoms with Gasteiger partial charge in [-0.3, -0.25) is 24.2 Å². The first-order valence-electron chi connectivity index (χ1n) is 30.5. The summed E-state index contributed by atoms with van der Waals surface area (Å²) in [6.07, 6.45) is 19.0. The molecule has 0 unspecified atom stereocenters. The minimum absolute atomic E-state index is 0.0502. The van der Waals surface area contributed by atoms with Crippen LogP contribution in [-0.2, 0) is 4.79 Å². The van der Waals surface area contributed by atoms with Crippen LogP contribution >= 0.6 is 0 Å². The molecule has 14 N–H and O–H groups in total. The second-order valence-corrected chi connectivity index (χ2v) is 23.8. The van der Waals surface area contributed by atoms with Crippen molar-refractivity contribution < 1.29 is 28.7 Å². The molecular weight excluding hydrogens is 1130 g/mol. The second-order valence-electron chi connectivity index (χ2n) is 23.8. The molecule has 89 heavy (non-hydrogen) atoms. The zero-order valence-corrected chi connectivity index (χ0v) is 51.3. The summed E-state index contributed by atoms with van der Waals surface area (Å²) in [4.78, 5) is 83.3. The average molecular weight is 1210 g/mol. The Bertz CT molecular complexity index is 3720. The number of likely N-dealkylation sites (N-methyl/N-ethyl adjacent to an activating group) is 2. The third-order valence-corrected chi connectivity index (χ3v) is 16.7. The Hall–Kier alpha value is -9.33. The summed E-state index contributed by atoms with van der Waals surface area (Å²) in [7, 11) is 3.75. The third-order valence-electron chi connectivity index (χ3n) is 16.7. The number of aromatic nitrogens is 7. The first kappa shape index (κ1) is 62.7. The maximum absolute atomic E-state index is 12.6. The topological polar surface area (TPSA) is 360 Å². The van der Waals surface area contributed by atoms with Crippen molar-refractivity contribution in [2.45, 2.75) is 147 Å². The second kappa shape index (κ2) is 27.8. The monoisotopic (exact) mass is 1210 g/mol. The number of ketones is 2. The summed E-state index contributed by atoms with van der Waals surface area (Å²) >= 11 is 0. The van der Waals surface area contributed by atoms with Crippen LogP contribution in [0.4, 0.5) is 63.7 Å². The van der Waals surface area contributed by atoms with E-state index < -0.39 is 11.5 Å². The van der Waals surface area contributed by atoms with Gasteiger partial charge in [0.25, 0.3) is 11.8 Å². The number of nitrogens with one attached hydrogen (secondary N) is 6. The molecule has 0 saturated heterocycles. The van der Waals surface area contributed by atoms with Crippen LogP contribution in [0.5, 0.6) is 11.5 Å². The molecule has 3 aliphatic carbocycles. The summed E-state index contributed by atoms with van der Waals surface area (Å²) in [6, 6.07) is 21.5. The fourth-order valence-electron chi connectivity index (χ4n) is 11.6. The molecule has 25 nitrogen and oxygen atoms in total. The minimum Gasteiger partial charge on any atom is -0.490 e. The van der Waals surface area contributed by atoms with Crippen molar-refractivity contribution in [2.24, 2.45) is 22.9 Å². The van der Waals surface area contributed by atoms with Gasteiger partial charge in [0, 0.05) is 97.6 Å². The highest BCUT2D eigenvalue weighted by atomic mass is 16.5. The molecule has 0 bridgehead atoms. The Morgan fingerprint density at radius 3 is 1.52 bits per heavy atom. The summed E-state index contributed by atoms with van der Waals surface area (Å²) in [6.45, 7) is 7.99. The van der Waals surface area contributed by atoms with Crippen LogP contribution in [0.25, 0.3) is 10.9 Å². The predicted molar refractivity (Wildman–Crippen MR) is 348 cm³/mol. The van der Waals surface area contributed by atoms with E-state index in [9.17, 15) is 19.2 Å². The Balaban J connectivity index is 0.000000147. The summed E-state index contributed by atoms with van der Waals surface area (Å²) in [5.74, 6) is 3.08. The van der Waals surface area contributed by atoms with Gasteiger partial charge in [0.1, 0.15) is 41.1 Å². The van der Waals surface area contributed by atoms with Crippen LogP contribution in [-0.4, -0.2) is 127 Å². The zero-order valence-electron chi connectivity index (χ0n) is 51.3. The SMILES string of the molecule is CC(=O)c1cnc(N[C@@H]2CCCC[C@@H]2N)nc1Nc1ccc2c(c1)N(C)C(=O)C(C)(C)O2.CC(=O)c1cnc(N[C@@H]2CCCC[C@@H]2N)nc1Nc1ccc2c(c1)N(C)CCO2.NC(=O)c1cnc(N[C@@H]2CCCC[C@@H]2N)nc1Nc1ccc2ncccc2c1. The highest BCUT2D eigenvalue weighted by molar-refractivity contribution is 6.03. The molecule has 12 rings (SSSR count).